The first-order chi connectivity index (χ1) is 23.3. The summed E-state index contributed by atoms with van der Waals surface area (Å²) >= 11 is 0. The number of rotatable bonds is 12. The summed E-state index contributed by atoms with van der Waals surface area (Å²) in [6, 6.07) is 6.12. The fourth-order valence-electron chi connectivity index (χ4n) is 5.45. The molecule has 2 aromatic carbocycles. The minimum atomic E-state index is -1.91. The predicted octanol–water partition coefficient (Wildman–Crippen LogP) is -1.02. The molecule has 0 aromatic heterocycles. The Hall–Kier alpha value is -3.78. The SMILES string of the molecule is COc1cc(C)c(C(=O)OC[C@H]2O[C@H](O[C@H]3O[C@H](COC(=O)c4c(C)cc(OC)cc4OC)[C@@H](O)[C@H](O)[C@H]3O)[C@H](O)[C@@H](O)[C@@H]2O)c(OC)c1. The maximum Gasteiger partial charge on any atom is 0.342 e. The number of ether oxygens (including phenoxy) is 9. The fourth-order valence-corrected chi connectivity index (χ4v) is 5.45. The van der Waals surface area contributed by atoms with Crippen molar-refractivity contribution in [3.8, 4) is 23.0 Å². The lowest BCUT2D eigenvalue weighted by atomic mass is 9.98. The van der Waals surface area contributed by atoms with Crippen molar-refractivity contribution in [2.45, 2.75) is 75.3 Å². The highest BCUT2D eigenvalue weighted by atomic mass is 16.8. The maximum atomic E-state index is 13.0. The van der Waals surface area contributed by atoms with Crippen LogP contribution in [0.4, 0.5) is 0 Å². The van der Waals surface area contributed by atoms with E-state index in [9.17, 15) is 40.2 Å². The van der Waals surface area contributed by atoms with Crippen LogP contribution in [-0.4, -0.2) is 146 Å². The van der Waals surface area contributed by atoms with Gasteiger partial charge >= 0.3 is 11.9 Å². The van der Waals surface area contributed by atoms with Gasteiger partial charge in [0.1, 0.15) is 96.2 Å². The van der Waals surface area contributed by atoms with Crippen LogP contribution in [0.3, 0.4) is 0 Å². The van der Waals surface area contributed by atoms with E-state index in [0.717, 1.165) is 0 Å². The number of hydrogen-bond donors (Lipinski definition) is 6. The summed E-state index contributed by atoms with van der Waals surface area (Å²) in [5.74, 6) is -0.515. The molecule has 0 aliphatic carbocycles. The van der Waals surface area contributed by atoms with Crippen molar-refractivity contribution < 1.29 is 82.9 Å². The lowest BCUT2D eigenvalue weighted by Crippen LogP contribution is -2.64. The molecule has 0 bridgehead atoms. The topological polar surface area (TPSA) is 239 Å². The molecule has 2 aromatic rings. The molecule has 0 radical (unpaired) electrons. The van der Waals surface area contributed by atoms with Gasteiger partial charge in [0.05, 0.1) is 28.4 Å². The monoisotopic (exact) mass is 698 g/mol. The van der Waals surface area contributed by atoms with Crippen molar-refractivity contribution in [1.29, 1.82) is 0 Å². The fraction of sp³-hybridized carbons (Fsp3) is 0.562. The molecule has 2 heterocycles. The zero-order valence-corrected chi connectivity index (χ0v) is 27.7. The normalized spacial score (nSPS) is 29.9. The van der Waals surface area contributed by atoms with E-state index in [4.69, 9.17) is 42.6 Å². The van der Waals surface area contributed by atoms with E-state index in [1.165, 1.54) is 40.6 Å². The molecule has 0 spiro atoms. The minimum absolute atomic E-state index is 0.0700. The van der Waals surface area contributed by atoms with Gasteiger partial charge in [-0.1, -0.05) is 0 Å². The summed E-state index contributed by atoms with van der Waals surface area (Å²) in [5, 5.41) is 63.5. The summed E-state index contributed by atoms with van der Waals surface area (Å²) in [5.41, 5.74) is 1.07. The van der Waals surface area contributed by atoms with E-state index in [2.05, 4.69) is 0 Å². The lowest BCUT2D eigenvalue weighted by Gasteiger charge is -2.44. The Morgan fingerprint density at radius 1 is 0.571 bits per heavy atom. The van der Waals surface area contributed by atoms with Crippen molar-refractivity contribution in [2.24, 2.45) is 0 Å². The Bertz CT molecular complexity index is 1360. The van der Waals surface area contributed by atoms with Gasteiger partial charge in [0.2, 0.25) is 0 Å². The second kappa shape index (κ2) is 16.3. The Labute approximate surface area is 281 Å². The van der Waals surface area contributed by atoms with Crippen LogP contribution in [0.1, 0.15) is 31.8 Å². The second-order valence-corrected chi connectivity index (χ2v) is 11.4. The Balaban J connectivity index is 1.43. The number of aryl methyl sites for hydroxylation is 2. The molecule has 2 aliphatic heterocycles. The second-order valence-electron chi connectivity index (χ2n) is 11.4. The third-order valence-electron chi connectivity index (χ3n) is 8.23. The van der Waals surface area contributed by atoms with E-state index in [0.29, 0.717) is 22.6 Å². The largest absolute Gasteiger partial charge is 0.497 e. The first-order valence-corrected chi connectivity index (χ1v) is 15.1. The zero-order chi connectivity index (χ0) is 36.2. The molecule has 17 heteroatoms. The quantitative estimate of drug-likeness (QED) is 0.146. The minimum Gasteiger partial charge on any atom is -0.497 e. The van der Waals surface area contributed by atoms with E-state index in [-0.39, 0.29) is 22.6 Å². The van der Waals surface area contributed by atoms with Gasteiger partial charge in [0.15, 0.2) is 12.6 Å². The molecule has 0 unspecified atom stereocenters. The van der Waals surface area contributed by atoms with Crippen molar-refractivity contribution in [1.82, 2.24) is 0 Å². The highest BCUT2D eigenvalue weighted by Gasteiger charge is 2.50. The molecule has 4 rings (SSSR count). The average molecular weight is 699 g/mol. The highest BCUT2D eigenvalue weighted by molar-refractivity contribution is 5.95. The van der Waals surface area contributed by atoms with Crippen LogP contribution < -0.4 is 18.9 Å². The molecule has 6 N–H and O–H groups in total. The van der Waals surface area contributed by atoms with E-state index in [1.54, 1.807) is 26.0 Å². The standard InChI is InChI=1S/C32H42O17/c1-13-7-15(41-3)9-17(43-5)21(13)29(39)45-11-19-23(33)25(35)27(37)31(47-19)49-32-28(38)26(36)24(34)20(48-32)12-46-30(40)22-14(2)8-16(42-4)10-18(22)44-6/h7-10,19-20,23-28,31-38H,11-12H2,1-6H3/t19-,20-,23-,24-,25+,26+,27-,28-,31-,32-/m1/s1. The number of hydrogen-bond acceptors (Lipinski definition) is 17. The van der Waals surface area contributed by atoms with Gasteiger partial charge in [-0.25, -0.2) is 9.59 Å². The van der Waals surface area contributed by atoms with Crippen molar-refractivity contribution >= 4 is 11.9 Å². The average Bonchev–Trinajstić information content (AvgIpc) is 3.09. The first-order valence-electron chi connectivity index (χ1n) is 15.1. The van der Waals surface area contributed by atoms with E-state index < -0.39 is 86.6 Å². The van der Waals surface area contributed by atoms with E-state index in [1.807, 2.05) is 0 Å². The van der Waals surface area contributed by atoms with Crippen molar-refractivity contribution in [3.63, 3.8) is 0 Å². The molecular formula is C32H42O17. The van der Waals surface area contributed by atoms with Gasteiger partial charge in [-0.15, -0.1) is 0 Å². The summed E-state index contributed by atoms with van der Waals surface area (Å²) in [6.45, 7) is 2.01. The van der Waals surface area contributed by atoms with Crippen LogP contribution in [-0.2, 0) is 23.7 Å². The van der Waals surface area contributed by atoms with Crippen LogP contribution in [0, 0.1) is 13.8 Å². The summed E-state index contributed by atoms with van der Waals surface area (Å²) < 4.78 is 48.4. The third kappa shape index (κ3) is 8.17. The highest BCUT2D eigenvalue weighted by Crippen LogP contribution is 2.32. The molecule has 2 fully saturated rings. The molecule has 0 saturated carbocycles. The number of aliphatic hydroxyl groups excluding tert-OH is 6. The van der Waals surface area contributed by atoms with Gasteiger partial charge in [-0.05, 0) is 37.1 Å². The van der Waals surface area contributed by atoms with Crippen molar-refractivity contribution in [3.05, 3.63) is 46.5 Å². The van der Waals surface area contributed by atoms with Crippen LogP contribution in [0.2, 0.25) is 0 Å². The Kier molecular flexibility index (Phi) is 12.6. The van der Waals surface area contributed by atoms with Gasteiger partial charge in [0.25, 0.3) is 0 Å². The Morgan fingerprint density at radius 2 is 0.939 bits per heavy atom. The van der Waals surface area contributed by atoms with Crippen molar-refractivity contribution in [2.75, 3.05) is 41.7 Å². The third-order valence-corrected chi connectivity index (χ3v) is 8.23. The number of carbonyl (C=O) groups excluding carboxylic acids is 2. The molecule has 17 nitrogen and oxygen atoms in total. The number of esters is 2. The summed E-state index contributed by atoms with van der Waals surface area (Å²) in [4.78, 5) is 26.0. The van der Waals surface area contributed by atoms with Gasteiger partial charge in [0, 0.05) is 12.1 Å². The first kappa shape index (κ1) is 38.0. The molecule has 49 heavy (non-hydrogen) atoms. The van der Waals surface area contributed by atoms with Gasteiger partial charge in [-0.3, -0.25) is 0 Å². The molecule has 10 atom stereocenters. The van der Waals surface area contributed by atoms with Gasteiger partial charge in [-0.2, -0.15) is 0 Å². The smallest absolute Gasteiger partial charge is 0.342 e. The number of aliphatic hydroxyl groups is 6. The molecule has 0 amide bonds. The zero-order valence-electron chi connectivity index (χ0n) is 27.7. The van der Waals surface area contributed by atoms with Gasteiger partial charge < -0.3 is 73.3 Å². The lowest BCUT2D eigenvalue weighted by molar-refractivity contribution is -0.376. The summed E-state index contributed by atoms with van der Waals surface area (Å²) in [7, 11) is 5.60. The Morgan fingerprint density at radius 3 is 1.27 bits per heavy atom. The van der Waals surface area contributed by atoms with Crippen LogP contribution >= 0.6 is 0 Å². The molecule has 272 valence electrons. The van der Waals surface area contributed by atoms with Crippen LogP contribution in [0.25, 0.3) is 0 Å². The molecule has 2 aliphatic rings. The van der Waals surface area contributed by atoms with Crippen LogP contribution in [0.5, 0.6) is 23.0 Å². The number of carbonyl (C=O) groups is 2. The predicted molar refractivity (Wildman–Crippen MR) is 164 cm³/mol. The molecule has 2 saturated heterocycles. The summed E-state index contributed by atoms with van der Waals surface area (Å²) in [6.07, 6.45) is -17.6. The molecular weight excluding hydrogens is 656 g/mol. The maximum absolute atomic E-state index is 13.0. The van der Waals surface area contributed by atoms with E-state index >= 15 is 0 Å². The number of methoxy groups -OCH3 is 4. The van der Waals surface area contributed by atoms with Crippen LogP contribution in [0.15, 0.2) is 24.3 Å². The number of benzene rings is 2.